The molecule has 0 aliphatic carbocycles. The molecule has 0 unspecified atom stereocenters. The summed E-state index contributed by atoms with van der Waals surface area (Å²) in [5.41, 5.74) is 4.67. The Kier molecular flexibility index (Phi) is 2.35. The summed E-state index contributed by atoms with van der Waals surface area (Å²) in [4.78, 5) is 11.2. The van der Waals surface area contributed by atoms with Crippen molar-refractivity contribution in [3.63, 3.8) is 0 Å². The second kappa shape index (κ2) is 3.39. The number of amides is 1. The van der Waals surface area contributed by atoms with Gasteiger partial charge >= 0.3 is 0 Å². The number of anilines is 1. The lowest BCUT2D eigenvalue weighted by Crippen LogP contribution is -2.19. The number of halogens is 1. The van der Waals surface area contributed by atoms with E-state index in [-0.39, 0.29) is 5.91 Å². The Morgan fingerprint density at radius 2 is 2.07 bits per heavy atom. The number of fused-ring (bicyclic) bond motifs is 1. The van der Waals surface area contributed by atoms with E-state index in [1.54, 1.807) is 0 Å². The van der Waals surface area contributed by atoms with Crippen molar-refractivity contribution in [2.75, 3.05) is 5.32 Å². The number of carbonyl (C=O) groups is 1. The van der Waals surface area contributed by atoms with Crippen LogP contribution in [-0.2, 0) is 11.2 Å². The van der Waals surface area contributed by atoms with Crippen LogP contribution in [0.1, 0.15) is 23.1 Å². The maximum Gasteiger partial charge on any atom is 0.224 e. The second-order valence-electron chi connectivity index (χ2n) is 3.71. The van der Waals surface area contributed by atoms with Crippen molar-refractivity contribution in [3.05, 3.63) is 27.2 Å². The topological polar surface area (TPSA) is 29.1 Å². The fraction of sp³-hybridized carbons (Fsp3) is 0.364. The van der Waals surface area contributed by atoms with Crippen molar-refractivity contribution in [1.29, 1.82) is 0 Å². The zero-order valence-electron chi connectivity index (χ0n) is 8.28. The Balaban J connectivity index is 2.60. The van der Waals surface area contributed by atoms with E-state index in [4.69, 9.17) is 0 Å². The Hall–Kier alpha value is -0.830. The Morgan fingerprint density at radius 3 is 2.79 bits per heavy atom. The molecule has 14 heavy (non-hydrogen) atoms. The average molecular weight is 254 g/mol. The molecule has 2 nitrogen and oxygen atoms in total. The third-order valence-electron chi connectivity index (χ3n) is 2.74. The Bertz CT molecular complexity index is 412. The van der Waals surface area contributed by atoms with Crippen molar-refractivity contribution in [2.24, 2.45) is 0 Å². The van der Waals surface area contributed by atoms with Crippen molar-refractivity contribution in [1.82, 2.24) is 0 Å². The van der Waals surface area contributed by atoms with Crippen LogP contribution < -0.4 is 5.32 Å². The van der Waals surface area contributed by atoms with Crippen LogP contribution in [-0.4, -0.2) is 5.91 Å². The van der Waals surface area contributed by atoms with Crippen LogP contribution in [0.15, 0.2) is 10.5 Å². The number of rotatable bonds is 0. The number of benzene rings is 1. The van der Waals surface area contributed by atoms with E-state index < -0.39 is 0 Å². The molecule has 0 saturated heterocycles. The van der Waals surface area contributed by atoms with E-state index in [1.807, 2.05) is 0 Å². The minimum Gasteiger partial charge on any atom is -0.325 e. The van der Waals surface area contributed by atoms with Gasteiger partial charge in [0.1, 0.15) is 0 Å². The van der Waals surface area contributed by atoms with E-state index >= 15 is 0 Å². The molecule has 74 valence electrons. The molecule has 1 aliphatic heterocycles. The molecule has 1 amide bonds. The maximum absolute atomic E-state index is 11.2. The summed E-state index contributed by atoms with van der Waals surface area (Å²) < 4.78 is 1.03. The quantitative estimate of drug-likeness (QED) is 0.757. The number of nitrogens with one attached hydrogen (secondary N) is 1. The summed E-state index contributed by atoms with van der Waals surface area (Å²) >= 11 is 3.53. The second-order valence-corrected chi connectivity index (χ2v) is 4.51. The molecular formula is C11H12BrNO. The summed E-state index contributed by atoms with van der Waals surface area (Å²) in [5.74, 6) is 0.112. The molecule has 1 aromatic rings. The highest BCUT2D eigenvalue weighted by Crippen LogP contribution is 2.35. The third kappa shape index (κ3) is 1.46. The van der Waals surface area contributed by atoms with E-state index in [0.29, 0.717) is 6.42 Å². The fourth-order valence-corrected chi connectivity index (χ4v) is 2.39. The first kappa shape index (κ1) is 9.71. The van der Waals surface area contributed by atoms with Gasteiger partial charge < -0.3 is 5.32 Å². The minimum atomic E-state index is 0.112. The highest BCUT2D eigenvalue weighted by Gasteiger charge is 2.19. The third-order valence-corrected chi connectivity index (χ3v) is 3.73. The van der Waals surface area contributed by atoms with Gasteiger partial charge in [0.15, 0.2) is 0 Å². The normalized spacial score (nSPS) is 14.9. The van der Waals surface area contributed by atoms with Gasteiger partial charge in [-0.1, -0.05) is 6.07 Å². The molecule has 0 fully saturated rings. The van der Waals surface area contributed by atoms with Crippen molar-refractivity contribution < 1.29 is 4.79 Å². The van der Waals surface area contributed by atoms with Crippen LogP contribution in [0, 0.1) is 13.8 Å². The molecule has 0 bridgehead atoms. The monoisotopic (exact) mass is 253 g/mol. The number of hydrogen-bond acceptors (Lipinski definition) is 1. The van der Waals surface area contributed by atoms with E-state index in [1.165, 1.54) is 16.7 Å². The molecule has 3 heteroatoms. The SMILES string of the molecule is Cc1cc2c(c(Br)c1C)NC(=O)CC2. The summed E-state index contributed by atoms with van der Waals surface area (Å²) in [6, 6.07) is 2.16. The van der Waals surface area contributed by atoms with Gasteiger partial charge in [0, 0.05) is 10.9 Å². The standard InChI is InChI=1S/C11H12BrNO/c1-6-5-8-3-4-9(14)13-11(8)10(12)7(6)2/h5H,3-4H2,1-2H3,(H,13,14). The lowest BCUT2D eigenvalue weighted by molar-refractivity contribution is -0.116. The maximum atomic E-state index is 11.2. The predicted octanol–water partition coefficient (Wildman–Crippen LogP) is 2.95. The molecule has 1 N–H and O–H groups in total. The van der Waals surface area contributed by atoms with Gasteiger partial charge in [-0.15, -0.1) is 0 Å². The van der Waals surface area contributed by atoms with Gasteiger partial charge in [-0.05, 0) is 52.9 Å². The number of hydrogen-bond donors (Lipinski definition) is 1. The molecular weight excluding hydrogens is 242 g/mol. The van der Waals surface area contributed by atoms with Crippen LogP contribution in [0.2, 0.25) is 0 Å². The first-order chi connectivity index (χ1) is 6.59. The van der Waals surface area contributed by atoms with E-state index in [9.17, 15) is 4.79 Å². The molecule has 0 aromatic heterocycles. The highest BCUT2D eigenvalue weighted by atomic mass is 79.9. The molecule has 0 radical (unpaired) electrons. The van der Waals surface area contributed by atoms with Crippen LogP contribution in [0.4, 0.5) is 5.69 Å². The summed E-state index contributed by atoms with van der Waals surface area (Å²) in [7, 11) is 0. The van der Waals surface area contributed by atoms with Crippen molar-refractivity contribution >= 4 is 27.5 Å². The highest BCUT2D eigenvalue weighted by molar-refractivity contribution is 9.10. The number of carbonyl (C=O) groups excluding carboxylic acids is 1. The minimum absolute atomic E-state index is 0.112. The van der Waals surface area contributed by atoms with Gasteiger partial charge in [-0.25, -0.2) is 0 Å². The lowest BCUT2D eigenvalue weighted by atomic mass is 9.98. The lowest BCUT2D eigenvalue weighted by Gasteiger charge is -2.20. The zero-order chi connectivity index (χ0) is 10.3. The largest absolute Gasteiger partial charge is 0.325 e. The molecule has 1 aromatic carbocycles. The first-order valence-electron chi connectivity index (χ1n) is 4.68. The summed E-state index contributed by atoms with van der Waals surface area (Å²) in [5, 5.41) is 2.91. The van der Waals surface area contributed by atoms with Gasteiger partial charge in [0.05, 0.1) is 5.69 Å². The van der Waals surface area contributed by atoms with Gasteiger partial charge in [-0.2, -0.15) is 0 Å². The first-order valence-corrected chi connectivity index (χ1v) is 5.47. The van der Waals surface area contributed by atoms with Crippen molar-refractivity contribution in [2.45, 2.75) is 26.7 Å². The number of aryl methyl sites for hydroxylation is 2. The molecule has 0 spiro atoms. The van der Waals surface area contributed by atoms with E-state index in [2.05, 4.69) is 41.2 Å². The molecule has 1 heterocycles. The molecule has 0 atom stereocenters. The average Bonchev–Trinajstić information content (AvgIpc) is 2.16. The van der Waals surface area contributed by atoms with Crippen molar-refractivity contribution in [3.8, 4) is 0 Å². The predicted molar refractivity (Wildman–Crippen MR) is 60.6 cm³/mol. The zero-order valence-corrected chi connectivity index (χ0v) is 9.86. The summed E-state index contributed by atoms with van der Waals surface area (Å²) in [6.07, 6.45) is 1.45. The van der Waals surface area contributed by atoms with Gasteiger partial charge in [-0.3, -0.25) is 4.79 Å². The van der Waals surface area contributed by atoms with Crippen LogP contribution in [0.3, 0.4) is 0 Å². The molecule has 2 rings (SSSR count). The van der Waals surface area contributed by atoms with Crippen LogP contribution in [0.5, 0.6) is 0 Å². The Labute approximate surface area is 91.8 Å². The molecule has 1 aliphatic rings. The fourth-order valence-electron chi connectivity index (χ4n) is 1.73. The smallest absolute Gasteiger partial charge is 0.224 e. The Morgan fingerprint density at radius 1 is 1.36 bits per heavy atom. The summed E-state index contributed by atoms with van der Waals surface area (Å²) in [6.45, 7) is 4.15. The van der Waals surface area contributed by atoms with E-state index in [0.717, 1.165) is 16.6 Å². The van der Waals surface area contributed by atoms with Crippen LogP contribution >= 0.6 is 15.9 Å². The van der Waals surface area contributed by atoms with Crippen LogP contribution in [0.25, 0.3) is 0 Å². The molecule has 0 saturated carbocycles. The van der Waals surface area contributed by atoms with Gasteiger partial charge in [0.25, 0.3) is 0 Å². The van der Waals surface area contributed by atoms with Gasteiger partial charge in [0.2, 0.25) is 5.91 Å².